The molecule has 3 heterocycles. The molecule has 0 spiro atoms. The van der Waals surface area contributed by atoms with Gasteiger partial charge in [0, 0.05) is 43.5 Å². The predicted molar refractivity (Wildman–Crippen MR) is 118 cm³/mol. The molecular formula is C24H30N4O3. The van der Waals surface area contributed by atoms with E-state index in [4.69, 9.17) is 4.98 Å². The molecule has 0 radical (unpaired) electrons. The molecule has 0 aliphatic carbocycles. The summed E-state index contributed by atoms with van der Waals surface area (Å²) < 4.78 is 0. The number of rotatable bonds is 3. The molecule has 2 aliphatic heterocycles. The number of fused-ring (bicyclic) bond motifs is 1. The number of aromatic nitrogens is 2. The van der Waals surface area contributed by atoms with Gasteiger partial charge >= 0.3 is 0 Å². The SMILES string of the molecule is Cc1ccc(C(=O)N2CCc3nc(C4CCCN(C(=O)C(C)C)C4)[nH]c(=O)c3C2)cc1. The number of aryl methyl sites for hydroxylation is 1. The molecule has 2 aliphatic rings. The number of likely N-dealkylation sites (tertiary alicyclic amines) is 1. The fourth-order valence-corrected chi connectivity index (χ4v) is 4.46. The molecular weight excluding hydrogens is 392 g/mol. The molecule has 0 bridgehead atoms. The Morgan fingerprint density at radius 3 is 2.58 bits per heavy atom. The van der Waals surface area contributed by atoms with E-state index >= 15 is 0 Å². The number of carbonyl (C=O) groups excluding carboxylic acids is 2. The van der Waals surface area contributed by atoms with Crippen LogP contribution in [-0.4, -0.2) is 51.2 Å². The highest BCUT2D eigenvalue weighted by Crippen LogP contribution is 2.26. The van der Waals surface area contributed by atoms with Crippen LogP contribution in [0.4, 0.5) is 0 Å². The van der Waals surface area contributed by atoms with Crippen LogP contribution in [0.25, 0.3) is 0 Å². The van der Waals surface area contributed by atoms with Crippen molar-refractivity contribution >= 4 is 11.8 Å². The van der Waals surface area contributed by atoms with Gasteiger partial charge in [0.15, 0.2) is 0 Å². The van der Waals surface area contributed by atoms with E-state index in [9.17, 15) is 14.4 Å². The lowest BCUT2D eigenvalue weighted by Gasteiger charge is -2.34. The smallest absolute Gasteiger partial charge is 0.256 e. The largest absolute Gasteiger partial charge is 0.342 e. The predicted octanol–water partition coefficient (Wildman–Crippen LogP) is 2.64. The zero-order valence-corrected chi connectivity index (χ0v) is 18.5. The standard InChI is InChI=1S/C24H30N4O3/c1-15(2)23(30)27-11-4-5-18(13-27)21-25-20-10-12-28(14-19(20)22(29)26-21)24(31)17-8-6-16(3)7-9-17/h6-9,15,18H,4-5,10-14H2,1-3H3,(H,25,26,29). The third kappa shape index (κ3) is 4.40. The van der Waals surface area contributed by atoms with E-state index in [-0.39, 0.29) is 35.8 Å². The summed E-state index contributed by atoms with van der Waals surface area (Å²) in [5, 5.41) is 0. The summed E-state index contributed by atoms with van der Waals surface area (Å²) in [7, 11) is 0. The Balaban J connectivity index is 1.52. The first-order valence-electron chi connectivity index (χ1n) is 11.1. The Morgan fingerprint density at radius 1 is 1.13 bits per heavy atom. The number of benzene rings is 1. The lowest BCUT2D eigenvalue weighted by atomic mass is 9.95. The lowest BCUT2D eigenvalue weighted by molar-refractivity contribution is -0.135. The van der Waals surface area contributed by atoms with Crippen molar-refractivity contribution in [2.24, 2.45) is 5.92 Å². The molecule has 1 aromatic carbocycles. The Bertz CT molecular complexity index is 1040. The van der Waals surface area contributed by atoms with Crippen molar-refractivity contribution in [2.75, 3.05) is 19.6 Å². The molecule has 7 nitrogen and oxygen atoms in total. The number of amides is 2. The van der Waals surface area contributed by atoms with Crippen LogP contribution in [0, 0.1) is 12.8 Å². The molecule has 2 aromatic rings. The molecule has 1 fully saturated rings. The number of aromatic amines is 1. The van der Waals surface area contributed by atoms with Crippen molar-refractivity contribution in [1.29, 1.82) is 0 Å². The average Bonchev–Trinajstić information content (AvgIpc) is 2.78. The van der Waals surface area contributed by atoms with Crippen molar-refractivity contribution in [3.05, 3.63) is 62.8 Å². The Kier molecular flexibility index (Phi) is 5.94. The minimum atomic E-state index is -0.172. The molecule has 1 aromatic heterocycles. The van der Waals surface area contributed by atoms with Gasteiger partial charge in [-0.05, 0) is 31.9 Å². The van der Waals surface area contributed by atoms with E-state index in [1.165, 1.54) is 0 Å². The van der Waals surface area contributed by atoms with Crippen LogP contribution in [0.5, 0.6) is 0 Å². The molecule has 1 atom stereocenters. The number of H-pyrrole nitrogens is 1. The monoisotopic (exact) mass is 422 g/mol. The fraction of sp³-hybridized carbons (Fsp3) is 0.500. The minimum absolute atomic E-state index is 0.0358. The third-order valence-corrected chi connectivity index (χ3v) is 6.29. The molecule has 7 heteroatoms. The number of carbonyl (C=O) groups is 2. The van der Waals surface area contributed by atoms with E-state index in [1.54, 1.807) is 4.90 Å². The summed E-state index contributed by atoms with van der Waals surface area (Å²) in [6.07, 6.45) is 2.37. The zero-order chi connectivity index (χ0) is 22.1. The van der Waals surface area contributed by atoms with Gasteiger partial charge in [0.05, 0.1) is 17.8 Å². The van der Waals surface area contributed by atoms with E-state index in [0.29, 0.717) is 36.5 Å². The van der Waals surface area contributed by atoms with E-state index in [1.807, 2.05) is 49.9 Å². The molecule has 164 valence electrons. The first-order chi connectivity index (χ1) is 14.8. The van der Waals surface area contributed by atoms with Crippen LogP contribution in [0.15, 0.2) is 29.1 Å². The minimum Gasteiger partial charge on any atom is -0.342 e. The summed E-state index contributed by atoms with van der Waals surface area (Å²) in [5.41, 5.74) is 2.91. The van der Waals surface area contributed by atoms with Crippen LogP contribution in [0.1, 0.15) is 65.6 Å². The molecule has 31 heavy (non-hydrogen) atoms. The summed E-state index contributed by atoms with van der Waals surface area (Å²) in [4.78, 5) is 49.5. The highest BCUT2D eigenvalue weighted by Gasteiger charge is 2.30. The summed E-state index contributed by atoms with van der Waals surface area (Å²) in [5.74, 6) is 0.760. The molecule has 1 N–H and O–H groups in total. The van der Waals surface area contributed by atoms with Crippen molar-refractivity contribution in [3.8, 4) is 0 Å². The van der Waals surface area contributed by atoms with Gasteiger partial charge in [-0.1, -0.05) is 31.5 Å². The quantitative estimate of drug-likeness (QED) is 0.824. The first-order valence-corrected chi connectivity index (χ1v) is 11.1. The Labute approximate surface area is 182 Å². The third-order valence-electron chi connectivity index (χ3n) is 6.29. The normalized spacial score (nSPS) is 18.8. The first kappa shape index (κ1) is 21.3. The van der Waals surface area contributed by atoms with Gasteiger partial charge in [-0.3, -0.25) is 14.4 Å². The second kappa shape index (κ2) is 8.65. The number of hydrogen-bond acceptors (Lipinski definition) is 4. The highest BCUT2D eigenvalue weighted by atomic mass is 16.2. The van der Waals surface area contributed by atoms with Crippen molar-refractivity contribution < 1.29 is 9.59 Å². The van der Waals surface area contributed by atoms with Crippen LogP contribution >= 0.6 is 0 Å². The second-order valence-electron chi connectivity index (χ2n) is 9.00. The number of hydrogen-bond donors (Lipinski definition) is 1. The van der Waals surface area contributed by atoms with Crippen LogP contribution in [0.3, 0.4) is 0 Å². The van der Waals surface area contributed by atoms with Gasteiger partial charge < -0.3 is 14.8 Å². The maximum absolute atomic E-state index is 12.9. The second-order valence-corrected chi connectivity index (χ2v) is 9.00. The van der Waals surface area contributed by atoms with E-state index in [2.05, 4.69) is 4.98 Å². The maximum atomic E-state index is 12.9. The van der Waals surface area contributed by atoms with Gasteiger partial charge in [-0.25, -0.2) is 4.98 Å². The van der Waals surface area contributed by atoms with Gasteiger partial charge in [0.25, 0.3) is 11.5 Å². The molecule has 2 amide bonds. The van der Waals surface area contributed by atoms with Crippen molar-refractivity contribution in [1.82, 2.24) is 19.8 Å². The van der Waals surface area contributed by atoms with Crippen LogP contribution in [0.2, 0.25) is 0 Å². The van der Waals surface area contributed by atoms with Crippen LogP contribution in [-0.2, 0) is 17.8 Å². The molecule has 0 saturated carbocycles. The fourth-order valence-electron chi connectivity index (χ4n) is 4.46. The molecule has 1 saturated heterocycles. The number of piperidine rings is 1. The van der Waals surface area contributed by atoms with Gasteiger partial charge in [0.1, 0.15) is 5.82 Å². The van der Waals surface area contributed by atoms with E-state index < -0.39 is 0 Å². The zero-order valence-electron chi connectivity index (χ0n) is 18.5. The van der Waals surface area contributed by atoms with Crippen molar-refractivity contribution in [3.63, 3.8) is 0 Å². The van der Waals surface area contributed by atoms with Gasteiger partial charge in [-0.15, -0.1) is 0 Å². The molecule has 4 rings (SSSR count). The van der Waals surface area contributed by atoms with Crippen molar-refractivity contribution in [2.45, 2.75) is 52.5 Å². The topological polar surface area (TPSA) is 86.4 Å². The van der Waals surface area contributed by atoms with Crippen LogP contribution < -0.4 is 5.56 Å². The van der Waals surface area contributed by atoms with Gasteiger partial charge in [-0.2, -0.15) is 0 Å². The lowest BCUT2D eigenvalue weighted by Crippen LogP contribution is -2.43. The summed E-state index contributed by atoms with van der Waals surface area (Å²) >= 11 is 0. The number of nitrogens with one attached hydrogen (secondary N) is 1. The molecule has 1 unspecified atom stereocenters. The average molecular weight is 423 g/mol. The Hall–Kier alpha value is -2.96. The van der Waals surface area contributed by atoms with Gasteiger partial charge in [0.2, 0.25) is 5.91 Å². The van der Waals surface area contributed by atoms with E-state index in [0.717, 1.165) is 30.6 Å². The maximum Gasteiger partial charge on any atom is 0.256 e. The number of nitrogens with zero attached hydrogens (tertiary/aromatic N) is 3. The highest BCUT2D eigenvalue weighted by molar-refractivity contribution is 5.94. The summed E-state index contributed by atoms with van der Waals surface area (Å²) in [6, 6.07) is 7.49. The Morgan fingerprint density at radius 2 is 1.87 bits per heavy atom. The summed E-state index contributed by atoms with van der Waals surface area (Å²) in [6.45, 7) is 7.97.